The zero-order valence-corrected chi connectivity index (χ0v) is 19.4. The monoisotopic (exact) mass is 496 g/mol. The molecule has 0 saturated carbocycles. The lowest BCUT2D eigenvalue weighted by Crippen LogP contribution is -2.40. The third kappa shape index (κ3) is 4.19. The Labute approximate surface area is 205 Å². The molecule has 1 fully saturated rings. The molecule has 2 amide bonds. The van der Waals surface area contributed by atoms with Gasteiger partial charge in [-0.25, -0.2) is 0 Å². The lowest BCUT2D eigenvalue weighted by molar-refractivity contribution is -0.138. The number of halogens is 3. The molecule has 3 aromatic carbocycles. The summed E-state index contributed by atoms with van der Waals surface area (Å²) in [4.78, 5) is 27.0. The minimum atomic E-state index is -4.61. The first-order chi connectivity index (χ1) is 17.2. The van der Waals surface area contributed by atoms with Crippen LogP contribution in [-0.2, 0) is 17.3 Å². The van der Waals surface area contributed by atoms with Gasteiger partial charge in [0.2, 0.25) is 5.91 Å². The van der Waals surface area contributed by atoms with E-state index in [9.17, 15) is 22.8 Å². The van der Waals surface area contributed by atoms with Gasteiger partial charge in [-0.3, -0.25) is 9.59 Å². The quantitative estimate of drug-likeness (QED) is 0.450. The van der Waals surface area contributed by atoms with Gasteiger partial charge in [0, 0.05) is 24.2 Å². The summed E-state index contributed by atoms with van der Waals surface area (Å²) in [5.41, 5.74) is 9.34. The van der Waals surface area contributed by atoms with Gasteiger partial charge in [-0.1, -0.05) is 12.1 Å². The van der Waals surface area contributed by atoms with Crippen LogP contribution in [0, 0.1) is 0 Å². The number of primary amides is 1. The van der Waals surface area contributed by atoms with Crippen molar-refractivity contribution in [3.63, 3.8) is 0 Å². The third-order valence-corrected chi connectivity index (χ3v) is 6.66. The molecule has 6 nitrogen and oxygen atoms in total. The molecule has 5 rings (SSSR count). The summed E-state index contributed by atoms with van der Waals surface area (Å²) in [6, 6.07) is 12.4. The van der Waals surface area contributed by atoms with E-state index in [1.807, 2.05) is 12.1 Å². The maximum absolute atomic E-state index is 13.6. The summed E-state index contributed by atoms with van der Waals surface area (Å²) in [5.74, 6) is -1.05. The van der Waals surface area contributed by atoms with E-state index in [2.05, 4.69) is 0 Å². The Kier molecular flexibility index (Phi) is 5.96. The second-order valence-corrected chi connectivity index (χ2v) is 8.78. The summed E-state index contributed by atoms with van der Waals surface area (Å²) in [6.45, 7) is 2.03. The molecule has 2 aliphatic rings. The molecule has 0 bridgehead atoms. The zero-order valence-electron chi connectivity index (χ0n) is 19.4. The van der Waals surface area contributed by atoms with E-state index in [1.165, 1.54) is 25.3 Å². The number of methoxy groups -OCH3 is 1. The standard InChI is InChI=1S/C27H23F3N2O4/c1-35-24-5-3-15(14-23(24)27(28,29)30)17-11-20-19-4-2-16(26(34)32-6-8-36-9-7-32)10-18(19)13-21(20)22(12-17)25(31)33/h2-5,10-12,14H,6-9,13H2,1H3,(H2,31,33). The minimum Gasteiger partial charge on any atom is -0.496 e. The van der Waals surface area contributed by atoms with Gasteiger partial charge in [0.1, 0.15) is 5.75 Å². The van der Waals surface area contributed by atoms with Crippen LogP contribution in [0.25, 0.3) is 22.3 Å². The number of hydrogen-bond donors (Lipinski definition) is 1. The van der Waals surface area contributed by atoms with Crippen molar-refractivity contribution in [1.29, 1.82) is 0 Å². The van der Waals surface area contributed by atoms with E-state index >= 15 is 0 Å². The van der Waals surface area contributed by atoms with Gasteiger partial charge in [0.15, 0.2) is 0 Å². The van der Waals surface area contributed by atoms with Crippen LogP contribution in [0.15, 0.2) is 48.5 Å². The Balaban J connectivity index is 1.58. The molecular formula is C27H23F3N2O4. The fourth-order valence-corrected chi connectivity index (χ4v) is 4.87. The van der Waals surface area contributed by atoms with Gasteiger partial charge >= 0.3 is 6.18 Å². The molecule has 0 atom stereocenters. The summed E-state index contributed by atoms with van der Waals surface area (Å²) in [6.07, 6.45) is -4.22. The molecule has 3 aromatic rings. The number of carbonyl (C=O) groups excluding carboxylic acids is 2. The predicted octanol–water partition coefficient (Wildman–Crippen LogP) is 4.52. The Morgan fingerprint density at radius 2 is 1.72 bits per heavy atom. The number of amides is 2. The Morgan fingerprint density at radius 1 is 0.972 bits per heavy atom. The normalized spacial score (nSPS) is 14.8. The summed E-state index contributed by atoms with van der Waals surface area (Å²) in [7, 11) is 1.18. The van der Waals surface area contributed by atoms with Crippen LogP contribution in [0.2, 0.25) is 0 Å². The second-order valence-electron chi connectivity index (χ2n) is 8.78. The molecule has 0 unspecified atom stereocenters. The van der Waals surface area contributed by atoms with E-state index in [-0.39, 0.29) is 22.8 Å². The highest BCUT2D eigenvalue weighted by atomic mass is 19.4. The van der Waals surface area contributed by atoms with Crippen LogP contribution in [-0.4, -0.2) is 50.1 Å². The number of nitrogens with two attached hydrogens (primary N) is 1. The molecular weight excluding hydrogens is 473 g/mol. The number of carbonyl (C=O) groups is 2. The number of morpholine rings is 1. The van der Waals surface area contributed by atoms with Gasteiger partial charge in [-0.15, -0.1) is 0 Å². The van der Waals surface area contributed by atoms with E-state index in [0.29, 0.717) is 55.0 Å². The highest BCUT2D eigenvalue weighted by molar-refractivity contribution is 6.01. The molecule has 1 heterocycles. The highest BCUT2D eigenvalue weighted by Gasteiger charge is 2.35. The predicted molar refractivity (Wildman–Crippen MR) is 127 cm³/mol. The fraction of sp³-hybridized carbons (Fsp3) is 0.259. The maximum atomic E-state index is 13.6. The first-order valence-electron chi connectivity index (χ1n) is 11.4. The van der Waals surface area contributed by atoms with Crippen molar-refractivity contribution in [3.8, 4) is 28.0 Å². The molecule has 2 N–H and O–H groups in total. The summed E-state index contributed by atoms with van der Waals surface area (Å²) < 4.78 is 51.0. The van der Waals surface area contributed by atoms with E-state index in [1.54, 1.807) is 17.0 Å². The Hall–Kier alpha value is -3.85. The SMILES string of the molecule is COc1ccc(-c2cc(C(N)=O)c3c(c2)-c2ccc(C(=O)N4CCOCC4)cc2C3)cc1C(F)(F)F. The van der Waals surface area contributed by atoms with Crippen LogP contribution >= 0.6 is 0 Å². The van der Waals surface area contributed by atoms with Crippen LogP contribution < -0.4 is 10.5 Å². The number of fused-ring (bicyclic) bond motifs is 3. The summed E-state index contributed by atoms with van der Waals surface area (Å²) >= 11 is 0. The smallest absolute Gasteiger partial charge is 0.419 e. The van der Waals surface area contributed by atoms with Crippen molar-refractivity contribution in [3.05, 3.63) is 76.3 Å². The average molecular weight is 496 g/mol. The number of ether oxygens (including phenoxy) is 2. The Bertz CT molecular complexity index is 1380. The van der Waals surface area contributed by atoms with Gasteiger partial charge in [-0.2, -0.15) is 13.2 Å². The van der Waals surface area contributed by atoms with Gasteiger partial charge < -0.3 is 20.1 Å². The van der Waals surface area contributed by atoms with Crippen LogP contribution in [0.4, 0.5) is 13.2 Å². The molecule has 186 valence electrons. The summed E-state index contributed by atoms with van der Waals surface area (Å²) in [5, 5.41) is 0. The van der Waals surface area contributed by atoms with E-state index in [0.717, 1.165) is 17.2 Å². The van der Waals surface area contributed by atoms with Crippen molar-refractivity contribution < 1.29 is 32.2 Å². The van der Waals surface area contributed by atoms with Gasteiger partial charge in [0.25, 0.3) is 5.91 Å². The molecule has 1 aliphatic heterocycles. The van der Waals surface area contributed by atoms with Crippen LogP contribution in [0.3, 0.4) is 0 Å². The first kappa shape index (κ1) is 23.9. The molecule has 1 saturated heterocycles. The number of rotatable bonds is 4. The topological polar surface area (TPSA) is 81.9 Å². The molecule has 9 heteroatoms. The van der Waals surface area contributed by atoms with Crippen molar-refractivity contribution in [2.24, 2.45) is 5.73 Å². The second kappa shape index (κ2) is 8.98. The number of nitrogens with zero attached hydrogens (tertiary/aromatic N) is 1. The van der Waals surface area contributed by atoms with E-state index in [4.69, 9.17) is 15.2 Å². The average Bonchev–Trinajstić information content (AvgIpc) is 3.25. The third-order valence-electron chi connectivity index (χ3n) is 6.66. The fourth-order valence-electron chi connectivity index (χ4n) is 4.87. The lowest BCUT2D eigenvalue weighted by Gasteiger charge is -2.27. The lowest BCUT2D eigenvalue weighted by atomic mass is 9.93. The van der Waals surface area contributed by atoms with Crippen molar-refractivity contribution in [2.45, 2.75) is 12.6 Å². The highest BCUT2D eigenvalue weighted by Crippen LogP contribution is 2.43. The van der Waals surface area contributed by atoms with Crippen LogP contribution in [0.5, 0.6) is 5.75 Å². The van der Waals surface area contributed by atoms with Crippen molar-refractivity contribution >= 4 is 11.8 Å². The van der Waals surface area contributed by atoms with E-state index < -0.39 is 17.6 Å². The van der Waals surface area contributed by atoms with Crippen molar-refractivity contribution in [2.75, 3.05) is 33.4 Å². The maximum Gasteiger partial charge on any atom is 0.419 e. The molecule has 0 spiro atoms. The molecule has 1 aliphatic carbocycles. The number of benzene rings is 3. The number of hydrogen-bond acceptors (Lipinski definition) is 4. The molecule has 36 heavy (non-hydrogen) atoms. The first-order valence-corrected chi connectivity index (χ1v) is 11.4. The van der Waals surface area contributed by atoms with Crippen molar-refractivity contribution in [1.82, 2.24) is 4.90 Å². The molecule has 0 aromatic heterocycles. The number of alkyl halides is 3. The van der Waals surface area contributed by atoms with Gasteiger partial charge in [0.05, 0.1) is 25.9 Å². The minimum absolute atomic E-state index is 0.0919. The molecule has 0 radical (unpaired) electrons. The van der Waals surface area contributed by atoms with Crippen LogP contribution in [0.1, 0.15) is 37.4 Å². The largest absolute Gasteiger partial charge is 0.496 e. The zero-order chi connectivity index (χ0) is 25.6. The Morgan fingerprint density at radius 3 is 2.39 bits per heavy atom. The van der Waals surface area contributed by atoms with Gasteiger partial charge in [-0.05, 0) is 76.2 Å².